The summed E-state index contributed by atoms with van der Waals surface area (Å²) in [5, 5.41) is 2.98. The summed E-state index contributed by atoms with van der Waals surface area (Å²) in [5.74, 6) is 1.21. The van der Waals surface area contributed by atoms with E-state index < -0.39 is 0 Å². The number of aryl methyl sites for hydroxylation is 2. The lowest BCUT2D eigenvalue weighted by atomic mass is 10.3. The maximum atomic E-state index is 11.4. The average molecular weight is 207 g/mol. The van der Waals surface area contributed by atoms with Crippen molar-refractivity contribution in [3.8, 4) is 0 Å². The van der Waals surface area contributed by atoms with Gasteiger partial charge in [0, 0.05) is 37.8 Å². The molecular formula is C11H17N3O. The van der Waals surface area contributed by atoms with Crippen molar-refractivity contribution in [3.05, 3.63) is 18.2 Å². The van der Waals surface area contributed by atoms with Gasteiger partial charge in [0.25, 0.3) is 0 Å². The minimum absolute atomic E-state index is 0.160. The van der Waals surface area contributed by atoms with Crippen LogP contribution in [0.4, 0.5) is 0 Å². The molecule has 1 aromatic heterocycles. The molecule has 0 aromatic carbocycles. The quantitative estimate of drug-likeness (QED) is 0.786. The van der Waals surface area contributed by atoms with Gasteiger partial charge in [0.05, 0.1) is 0 Å². The molecule has 0 unspecified atom stereocenters. The monoisotopic (exact) mass is 207 g/mol. The van der Waals surface area contributed by atoms with Crippen LogP contribution in [-0.2, 0) is 17.8 Å². The number of nitrogens with zero attached hydrogens (tertiary/aromatic N) is 2. The number of hydrogen-bond acceptors (Lipinski definition) is 2. The van der Waals surface area contributed by atoms with Crippen molar-refractivity contribution >= 4 is 5.91 Å². The standard InChI is InChI=1S/C11H17N3O/c1-2-10-12-6-8-14(10)7-5-11(15)13-9-3-4-9/h6,8-9H,2-5,7H2,1H3,(H,13,15). The van der Waals surface area contributed by atoms with Gasteiger partial charge in [-0.15, -0.1) is 0 Å². The minimum atomic E-state index is 0.160. The first-order chi connectivity index (χ1) is 7.29. The van der Waals surface area contributed by atoms with Crippen LogP contribution in [0, 0.1) is 0 Å². The van der Waals surface area contributed by atoms with Gasteiger partial charge in [-0.3, -0.25) is 4.79 Å². The Morgan fingerprint density at radius 1 is 1.67 bits per heavy atom. The van der Waals surface area contributed by atoms with Crippen molar-refractivity contribution < 1.29 is 4.79 Å². The van der Waals surface area contributed by atoms with Gasteiger partial charge >= 0.3 is 0 Å². The van der Waals surface area contributed by atoms with E-state index in [-0.39, 0.29) is 5.91 Å². The smallest absolute Gasteiger partial charge is 0.222 e. The first-order valence-corrected chi connectivity index (χ1v) is 5.59. The number of aromatic nitrogens is 2. The Morgan fingerprint density at radius 3 is 3.13 bits per heavy atom. The highest BCUT2D eigenvalue weighted by Crippen LogP contribution is 2.18. The van der Waals surface area contributed by atoms with Crippen LogP contribution < -0.4 is 5.32 Å². The maximum absolute atomic E-state index is 11.4. The number of carbonyl (C=O) groups is 1. The summed E-state index contributed by atoms with van der Waals surface area (Å²) in [6.45, 7) is 2.81. The Kier molecular flexibility index (Phi) is 3.04. The first-order valence-electron chi connectivity index (χ1n) is 5.59. The third kappa shape index (κ3) is 2.81. The van der Waals surface area contributed by atoms with Gasteiger partial charge in [0.15, 0.2) is 0 Å². The van der Waals surface area contributed by atoms with Crippen LogP contribution in [-0.4, -0.2) is 21.5 Å². The van der Waals surface area contributed by atoms with Gasteiger partial charge in [0.1, 0.15) is 5.82 Å². The van der Waals surface area contributed by atoms with E-state index in [0.717, 1.165) is 31.6 Å². The molecule has 0 aliphatic heterocycles. The first kappa shape index (κ1) is 10.2. The summed E-state index contributed by atoms with van der Waals surface area (Å²) in [4.78, 5) is 15.7. The van der Waals surface area contributed by atoms with Crippen molar-refractivity contribution in [2.75, 3.05) is 0 Å². The molecule has 1 aliphatic rings. The highest BCUT2D eigenvalue weighted by Gasteiger charge is 2.22. The third-order valence-corrected chi connectivity index (χ3v) is 2.64. The second kappa shape index (κ2) is 4.47. The van der Waals surface area contributed by atoms with Crippen LogP contribution in [0.1, 0.15) is 32.0 Å². The van der Waals surface area contributed by atoms with Crippen molar-refractivity contribution in [2.45, 2.75) is 45.2 Å². The van der Waals surface area contributed by atoms with E-state index in [9.17, 15) is 4.79 Å². The molecule has 1 fully saturated rings. The molecule has 4 heteroatoms. The van der Waals surface area contributed by atoms with Crippen LogP contribution in [0.25, 0.3) is 0 Å². The fraction of sp³-hybridized carbons (Fsp3) is 0.636. The van der Waals surface area contributed by atoms with E-state index in [4.69, 9.17) is 0 Å². The van der Waals surface area contributed by atoms with Gasteiger partial charge < -0.3 is 9.88 Å². The predicted molar refractivity (Wildman–Crippen MR) is 57.4 cm³/mol. The summed E-state index contributed by atoms with van der Waals surface area (Å²) in [5.41, 5.74) is 0. The van der Waals surface area contributed by atoms with Crippen molar-refractivity contribution in [3.63, 3.8) is 0 Å². The molecule has 0 spiro atoms. The van der Waals surface area contributed by atoms with Gasteiger partial charge in [0.2, 0.25) is 5.91 Å². The maximum Gasteiger partial charge on any atom is 0.222 e. The normalized spacial score (nSPS) is 15.3. The predicted octanol–water partition coefficient (Wildman–Crippen LogP) is 1.11. The van der Waals surface area contributed by atoms with E-state index in [1.807, 2.05) is 10.8 Å². The second-order valence-corrected chi connectivity index (χ2v) is 3.98. The van der Waals surface area contributed by atoms with Gasteiger partial charge in [-0.25, -0.2) is 4.98 Å². The lowest BCUT2D eigenvalue weighted by Gasteiger charge is -2.06. The van der Waals surface area contributed by atoms with Crippen LogP contribution in [0.3, 0.4) is 0 Å². The van der Waals surface area contributed by atoms with E-state index >= 15 is 0 Å². The van der Waals surface area contributed by atoms with Gasteiger partial charge in [-0.2, -0.15) is 0 Å². The largest absolute Gasteiger partial charge is 0.353 e. The topological polar surface area (TPSA) is 46.9 Å². The molecule has 1 amide bonds. The molecule has 1 heterocycles. The van der Waals surface area contributed by atoms with E-state index in [0.29, 0.717) is 12.5 Å². The zero-order chi connectivity index (χ0) is 10.7. The molecule has 0 bridgehead atoms. The molecule has 1 N–H and O–H groups in total. The van der Waals surface area contributed by atoms with E-state index in [1.54, 1.807) is 6.20 Å². The third-order valence-electron chi connectivity index (χ3n) is 2.64. The zero-order valence-electron chi connectivity index (χ0n) is 9.07. The molecule has 4 nitrogen and oxygen atoms in total. The van der Waals surface area contributed by atoms with Crippen molar-refractivity contribution in [1.82, 2.24) is 14.9 Å². The Morgan fingerprint density at radius 2 is 2.47 bits per heavy atom. The Bertz CT molecular complexity index is 341. The molecule has 1 aromatic rings. The number of rotatable bonds is 5. The molecule has 1 saturated carbocycles. The summed E-state index contributed by atoms with van der Waals surface area (Å²) in [6, 6.07) is 0.464. The minimum Gasteiger partial charge on any atom is -0.353 e. The van der Waals surface area contributed by atoms with Crippen LogP contribution in [0.2, 0.25) is 0 Å². The Balaban J connectivity index is 1.78. The van der Waals surface area contributed by atoms with Crippen molar-refractivity contribution in [1.29, 1.82) is 0 Å². The number of amides is 1. The number of carbonyl (C=O) groups excluding carboxylic acids is 1. The Labute approximate surface area is 89.7 Å². The summed E-state index contributed by atoms with van der Waals surface area (Å²) < 4.78 is 2.05. The fourth-order valence-electron chi connectivity index (χ4n) is 1.61. The molecule has 1 aliphatic carbocycles. The molecule has 82 valence electrons. The fourth-order valence-corrected chi connectivity index (χ4v) is 1.61. The van der Waals surface area contributed by atoms with E-state index in [2.05, 4.69) is 17.2 Å². The van der Waals surface area contributed by atoms with Crippen LogP contribution in [0.5, 0.6) is 0 Å². The zero-order valence-corrected chi connectivity index (χ0v) is 9.07. The Hall–Kier alpha value is -1.32. The van der Waals surface area contributed by atoms with Crippen LogP contribution in [0.15, 0.2) is 12.4 Å². The highest BCUT2D eigenvalue weighted by atomic mass is 16.1. The molecule has 15 heavy (non-hydrogen) atoms. The number of hydrogen-bond donors (Lipinski definition) is 1. The lowest BCUT2D eigenvalue weighted by molar-refractivity contribution is -0.121. The molecular weight excluding hydrogens is 190 g/mol. The summed E-state index contributed by atoms with van der Waals surface area (Å²) in [7, 11) is 0. The number of nitrogens with one attached hydrogen (secondary N) is 1. The molecule has 0 saturated heterocycles. The summed E-state index contributed by atoms with van der Waals surface area (Å²) >= 11 is 0. The van der Waals surface area contributed by atoms with Crippen molar-refractivity contribution in [2.24, 2.45) is 0 Å². The van der Waals surface area contributed by atoms with E-state index in [1.165, 1.54) is 0 Å². The van der Waals surface area contributed by atoms with Crippen LogP contribution >= 0.6 is 0 Å². The average Bonchev–Trinajstić information content (AvgIpc) is 2.92. The molecule has 2 rings (SSSR count). The second-order valence-electron chi connectivity index (χ2n) is 3.98. The highest BCUT2D eigenvalue weighted by molar-refractivity contribution is 5.76. The van der Waals surface area contributed by atoms with Gasteiger partial charge in [-0.05, 0) is 12.8 Å². The SMILES string of the molecule is CCc1nccn1CCC(=O)NC1CC1. The molecule has 0 radical (unpaired) electrons. The molecule has 0 atom stereocenters. The van der Waals surface area contributed by atoms with Gasteiger partial charge in [-0.1, -0.05) is 6.92 Å². The summed E-state index contributed by atoms with van der Waals surface area (Å²) in [6.07, 6.45) is 7.49. The lowest BCUT2D eigenvalue weighted by Crippen LogP contribution is -2.26. The number of imidazole rings is 1.